The van der Waals surface area contributed by atoms with E-state index in [-0.39, 0.29) is 23.2 Å². The van der Waals surface area contributed by atoms with Crippen LogP contribution in [-0.2, 0) is 4.74 Å². The van der Waals surface area contributed by atoms with Gasteiger partial charge in [0.05, 0.1) is 10.5 Å². The fraction of sp³-hybridized carbons (Fsp3) is 0.632. The maximum Gasteiger partial charge on any atom is 0.338 e. The molecule has 0 amide bonds. The van der Waals surface area contributed by atoms with Crippen molar-refractivity contribution in [2.24, 2.45) is 29.1 Å². The maximum absolute atomic E-state index is 12.6. The number of rotatable bonds is 3. The van der Waals surface area contributed by atoms with Gasteiger partial charge in [-0.05, 0) is 74.3 Å². The molecule has 4 aliphatic carbocycles. The number of nitro groups is 1. The second-order valence-electron chi connectivity index (χ2n) is 8.23. The first-order chi connectivity index (χ1) is 11.6. The molecule has 4 aliphatic rings. The van der Waals surface area contributed by atoms with E-state index in [4.69, 9.17) is 4.74 Å². The monoisotopic (exact) mass is 327 g/mol. The minimum Gasteiger partial charge on any atom is -0.458 e. The van der Waals surface area contributed by atoms with Crippen LogP contribution in [0.15, 0.2) is 24.3 Å². The van der Waals surface area contributed by atoms with Crippen LogP contribution in [0.5, 0.6) is 0 Å². The van der Waals surface area contributed by atoms with Crippen LogP contribution >= 0.6 is 0 Å². The zero-order chi connectivity index (χ0) is 16.5. The number of esters is 1. The van der Waals surface area contributed by atoms with Gasteiger partial charge in [0.1, 0.15) is 6.10 Å². The highest BCUT2D eigenvalue weighted by molar-refractivity contribution is 5.89. The summed E-state index contributed by atoms with van der Waals surface area (Å²) in [5, 5.41) is 10.7. The van der Waals surface area contributed by atoms with Crippen molar-refractivity contribution >= 4 is 11.7 Å². The Kier molecular flexibility index (Phi) is 2.89. The summed E-state index contributed by atoms with van der Waals surface area (Å²) in [6, 6.07) is 5.75. The van der Waals surface area contributed by atoms with E-state index in [1.165, 1.54) is 56.4 Å². The zero-order valence-electron chi connectivity index (χ0n) is 13.5. The first-order valence-corrected chi connectivity index (χ1v) is 9.03. The molecule has 0 aliphatic heterocycles. The van der Waals surface area contributed by atoms with Gasteiger partial charge in [-0.25, -0.2) is 4.79 Å². The molecule has 0 radical (unpaired) electrons. The van der Waals surface area contributed by atoms with E-state index in [2.05, 4.69) is 0 Å². The van der Waals surface area contributed by atoms with Crippen LogP contribution in [0, 0.1) is 39.2 Å². The third-order valence-corrected chi connectivity index (χ3v) is 7.43. The lowest BCUT2D eigenvalue weighted by molar-refractivity contribution is -0.384. The molecule has 1 aromatic carbocycles. The molecule has 0 unspecified atom stereocenters. The Morgan fingerprint density at radius 3 is 2.71 bits per heavy atom. The van der Waals surface area contributed by atoms with E-state index in [9.17, 15) is 14.9 Å². The predicted octanol–water partition coefficient (Wildman–Crippen LogP) is 3.97. The average molecular weight is 327 g/mol. The minimum absolute atomic E-state index is 0.00164. The maximum atomic E-state index is 12.6. The fourth-order valence-electron chi connectivity index (χ4n) is 6.69. The van der Waals surface area contributed by atoms with Gasteiger partial charge in [-0.3, -0.25) is 10.1 Å². The van der Waals surface area contributed by atoms with Crippen LogP contribution in [0.25, 0.3) is 0 Å². The van der Waals surface area contributed by atoms with Crippen LogP contribution < -0.4 is 0 Å². The molecule has 4 saturated carbocycles. The van der Waals surface area contributed by atoms with E-state index < -0.39 is 4.92 Å². The third kappa shape index (κ3) is 1.78. The summed E-state index contributed by atoms with van der Waals surface area (Å²) in [4.78, 5) is 22.8. The quantitative estimate of drug-likeness (QED) is 0.478. The van der Waals surface area contributed by atoms with Gasteiger partial charge >= 0.3 is 5.97 Å². The molecule has 0 N–H and O–H groups in total. The number of non-ortho nitro benzene ring substituents is 1. The van der Waals surface area contributed by atoms with Gasteiger partial charge in [-0.15, -0.1) is 0 Å². The van der Waals surface area contributed by atoms with Crippen molar-refractivity contribution in [3.8, 4) is 0 Å². The molecule has 0 aromatic heterocycles. The Balaban J connectivity index is 1.36. The van der Waals surface area contributed by atoms with E-state index in [0.717, 1.165) is 30.1 Å². The number of benzene rings is 1. The molecule has 5 heteroatoms. The van der Waals surface area contributed by atoms with E-state index in [1.54, 1.807) is 0 Å². The van der Waals surface area contributed by atoms with Crippen molar-refractivity contribution in [3.05, 3.63) is 39.9 Å². The lowest BCUT2D eigenvalue weighted by Crippen LogP contribution is -2.44. The number of carbonyl (C=O) groups is 1. The summed E-state index contributed by atoms with van der Waals surface area (Å²) in [5.74, 6) is 2.78. The fourth-order valence-corrected chi connectivity index (χ4v) is 6.69. The first-order valence-electron chi connectivity index (χ1n) is 9.03. The van der Waals surface area contributed by atoms with Crippen LogP contribution in [0.1, 0.15) is 48.9 Å². The van der Waals surface area contributed by atoms with Gasteiger partial charge in [-0.2, -0.15) is 0 Å². The van der Waals surface area contributed by atoms with Gasteiger partial charge in [0.2, 0.25) is 0 Å². The highest BCUT2D eigenvalue weighted by atomic mass is 16.6. The summed E-state index contributed by atoms with van der Waals surface area (Å²) < 4.78 is 5.98. The highest BCUT2D eigenvalue weighted by Gasteiger charge is 2.69. The third-order valence-electron chi connectivity index (χ3n) is 7.43. The van der Waals surface area contributed by atoms with Crippen LogP contribution in [-0.4, -0.2) is 17.0 Å². The molecular weight excluding hydrogens is 306 g/mol. The molecule has 6 atom stereocenters. The topological polar surface area (TPSA) is 69.4 Å². The lowest BCUT2D eigenvalue weighted by Gasteiger charge is -2.44. The number of hydrogen-bond donors (Lipinski definition) is 0. The molecule has 0 saturated heterocycles. The smallest absolute Gasteiger partial charge is 0.338 e. The van der Waals surface area contributed by atoms with Crippen molar-refractivity contribution in [2.75, 3.05) is 0 Å². The number of nitro benzene ring substituents is 1. The molecule has 1 aromatic rings. The second-order valence-corrected chi connectivity index (χ2v) is 8.23. The lowest BCUT2D eigenvalue weighted by atomic mass is 9.64. The average Bonchev–Trinajstić information content (AvgIpc) is 3.31. The Hall–Kier alpha value is -1.91. The van der Waals surface area contributed by atoms with Crippen molar-refractivity contribution in [2.45, 2.75) is 44.6 Å². The second kappa shape index (κ2) is 4.80. The molecule has 1 spiro atoms. The molecule has 4 bridgehead atoms. The molecule has 126 valence electrons. The van der Waals surface area contributed by atoms with Gasteiger partial charge in [0.15, 0.2) is 0 Å². The van der Waals surface area contributed by atoms with E-state index >= 15 is 0 Å². The first kappa shape index (κ1) is 14.4. The van der Waals surface area contributed by atoms with Gasteiger partial charge in [-0.1, -0.05) is 0 Å². The number of carbonyl (C=O) groups excluding carboxylic acids is 1. The van der Waals surface area contributed by atoms with Crippen molar-refractivity contribution in [1.82, 2.24) is 0 Å². The Morgan fingerprint density at radius 1 is 1.17 bits per heavy atom. The number of ether oxygens (including phenoxy) is 1. The molecule has 0 heterocycles. The van der Waals surface area contributed by atoms with Crippen molar-refractivity contribution < 1.29 is 14.5 Å². The number of fused-ring (bicyclic) bond motifs is 4. The van der Waals surface area contributed by atoms with Gasteiger partial charge in [0, 0.05) is 17.5 Å². The molecule has 5 nitrogen and oxygen atoms in total. The Labute approximate surface area is 140 Å². The Bertz CT molecular complexity index is 715. The number of hydrogen-bond acceptors (Lipinski definition) is 4. The van der Waals surface area contributed by atoms with Crippen molar-refractivity contribution in [3.63, 3.8) is 0 Å². The molecule has 24 heavy (non-hydrogen) atoms. The molecule has 4 fully saturated rings. The Morgan fingerprint density at radius 2 is 1.96 bits per heavy atom. The summed E-state index contributed by atoms with van der Waals surface area (Å²) in [6.45, 7) is 0. The molecular formula is C19H21NO4. The highest BCUT2D eigenvalue weighted by Crippen LogP contribution is 2.73. The normalized spacial score (nSPS) is 41.4. The zero-order valence-corrected chi connectivity index (χ0v) is 13.5. The van der Waals surface area contributed by atoms with Crippen LogP contribution in [0.2, 0.25) is 0 Å². The van der Waals surface area contributed by atoms with Crippen LogP contribution in [0.4, 0.5) is 5.69 Å². The molecule has 5 rings (SSSR count). The standard InChI is InChI=1S/C19H21NO4/c21-18(12-2-5-15(6-3-12)20(22)23)24-17-8-11-7-16-13-1-4-14(9-13)19(16,17)10-11/h2-3,5-6,11,13-14,16-17H,1,4,7-10H2/t11-,13+,14+,16+,17-,19-/m1/s1. The predicted molar refractivity (Wildman–Crippen MR) is 86.4 cm³/mol. The van der Waals surface area contributed by atoms with Gasteiger partial charge in [0.25, 0.3) is 5.69 Å². The van der Waals surface area contributed by atoms with Crippen molar-refractivity contribution in [1.29, 1.82) is 0 Å². The van der Waals surface area contributed by atoms with Crippen LogP contribution in [0.3, 0.4) is 0 Å². The number of nitrogens with zero attached hydrogens (tertiary/aromatic N) is 1. The largest absolute Gasteiger partial charge is 0.458 e. The summed E-state index contributed by atoms with van der Waals surface area (Å²) in [5.41, 5.74) is 0.669. The summed E-state index contributed by atoms with van der Waals surface area (Å²) in [7, 11) is 0. The minimum atomic E-state index is -0.454. The van der Waals surface area contributed by atoms with Gasteiger partial charge < -0.3 is 4.74 Å². The van der Waals surface area contributed by atoms with E-state index in [0.29, 0.717) is 5.56 Å². The SMILES string of the molecule is O=C(O[C@@H]1C[C@H]2C[C@H]3[C@H]4CC[C@@H](C4)[C@@]13C2)c1ccc([N+](=O)[O-])cc1. The summed E-state index contributed by atoms with van der Waals surface area (Å²) in [6.07, 6.45) is 7.66. The summed E-state index contributed by atoms with van der Waals surface area (Å²) >= 11 is 0. The van der Waals surface area contributed by atoms with E-state index in [1.807, 2.05) is 0 Å².